The number of aromatic nitrogens is 2. The molecule has 0 aliphatic heterocycles. The zero-order valence-corrected chi connectivity index (χ0v) is 13.0. The Morgan fingerprint density at radius 1 is 1.33 bits per heavy atom. The molecule has 2 rings (SSSR count). The summed E-state index contributed by atoms with van der Waals surface area (Å²) in [5, 5.41) is 14.9. The van der Waals surface area contributed by atoms with Gasteiger partial charge in [0.1, 0.15) is 16.8 Å². The highest BCUT2D eigenvalue weighted by Gasteiger charge is 2.14. The van der Waals surface area contributed by atoms with Crippen molar-refractivity contribution in [3.8, 4) is 5.75 Å². The van der Waals surface area contributed by atoms with Crippen molar-refractivity contribution in [1.82, 2.24) is 10.2 Å². The smallest absolute Gasteiger partial charge is 0.248 e. The van der Waals surface area contributed by atoms with E-state index in [2.05, 4.69) is 20.8 Å². The van der Waals surface area contributed by atoms with Gasteiger partial charge in [0.05, 0.1) is 6.61 Å². The van der Waals surface area contributed by atoms with Crippen molar-refractivity contribution >= 4 is 28.1 Å². The molecule has 1 amide bonds. The Hall–Kier alpha value is -2.15. The first-order chi connectivity index (χ1) is 10.1. The molecule has 0 radical (unpaired) electrons. The number of hydrogen-bond acceptors (Lipinski definition) is 6. The van der Waals surface area contributed by atoms with Crippen LogP contribution in [0.5, 0.6) is 5.75 Å². The predicted molar refractivity (Wildman–Crippen MR) is 84.0 cm³/mol. The van der Waals surface area contributed by atoms with Crippen molar-refractivity contribution in [3.63, 3.8) is 0 Å². The van der Waals surface area contributed by atoms with Gasteiger partial charge in [-0.25, -0.2) is 0 Å². The van der Waals surface area contributed by atoms with E-state index in [0.29, 0.717) is 11.7 Å². The molecule has 0 saturated carbocycles. The van der Waals surface area contributed by atoms with Crippen LogP contribution >= 0.6 is 11.3 Å². The van der Waals surface area contributed by atoms with Gasteiger partial charge >= 0.3 is 0 Å². The summed E-state index contributed by atoms with van der Waals surface area (Å²) in [5.41, 5.74) is 0.856. The maximum Gasteiger partial charge on any atom is 0.248 e. The fraction of sp³-hybridized carbons (Fsp3) is 0.357. The quantitative estimate of drug-likeness (QED) is 0.858. The van der Waals surface area contributed by atoms with Crippen LogP contribution in [-0.2, 0) is 4.79 Å². The van der Waals surface area contributed by atoms with Gasteiger partial charge in [-0.1, -0.05) is 11.3 Å². The molecule has 1 aromatic heterocycles. The highest BCUT2D eigenvalue weighted by molar-refractivity contribution is 7.15. The topological polar surface area (TPSA) is 76.1 Å². The van der Waals surface area contributed by atoms with Crippen LogP contribution in [0.25, 0.3) is 0 Å². The van der Waals surface area contributed by atoms with E-state index in [-0.39, 0.29) is 11.9 Å². The summed E-state index contributed by atoms with van der Waals surface area (Å²) in [6.45, 7) is 6.20. The summed E-state index contributed by atoms with van der Waals surface area (Å²) in [5.74, 6) is 0.657. The first-order valence-corrected chi connectivity index (χ1v) is 7.50. The van der Waals surface area contributed by atoms with E-state index in [0.717, 1.165) is 16.4 Å². The van der Waals surface area contributed by atoms with Gasteiger partial charge in [0.2, 0.25) is 11.0 Å². The molecule has 1 aromatic carbocycles. The van der Waals surface area contributed by atoms with Crippen molar-refractivity contribution in [2.75, 3.05) is 17.2 Å². The Kier molecular flexibility index (Phi) is 5.10. The van der Waals surface area contributed by atoms with Crippen molar-refractivity contribution in [2.24, 2.45) is 0 Å². The number of carbonyl (C=O) groups is 1. The van der Waals surface area contributed by atoms with Crippen LogP contribution in [0.15, 0.2) is 24.3 Å². The van der Waals surface area contributed by atoms with Crippen molar-refractivity contribution in [3.05, 3.63) is 29.3 Å². The van der Waals surface area contributed by atoms with E-state index < -0.39 is 0 Å². The Morgan fingerprint density at radius 2 is 2.05 bits per heavy atom. The molecular formula is C14H18N4O2S. The highest BCUT2D eigenvalue weighted by Crippen LogP contribution is 2.17. The third kappa shape index (κ3) is 4.42. The zero-order valence-electron chi connectivity index (χ0n) is 12.2. The number of nitrogens with one attached hydrogen (secondary N) is 2. The number of carbonyl (C=O) groups excluding carboxylic acids is 1. The highest BCUT2D eigenvalue weighted by atomic mass is 32.1. The minimum atomic E-state index is -0.382. The van der Waals surface area contributed by atoms with Crippen LogP contribution in [-0.4, -0.2) is 28.8 Å². The molecule has 0 aliphatic rings. The maximum absolute atomic E-state index is 12.0. The second-order valence-electron chi connectivity index (χ2n) is 4.44. The van der Waals surface area contributed by atoms with Crippen LogP contribution in [0.4, 0.5) is 10.8 Å². The molecule has 1 heterocycles. The largest absolute Gasteiger partial charge is 0.494 e. The van der Waals surface area contributed by atoms with E-state index in [1.165, 1.54) is 11.3 Å². The average Bonchev–Trinajstić information content (AvgIpc) is 2.86. The van der Waals surface area contributed by atoms with Crippen LogP contribution in [0.1, 0.15) is 18.9 Å². The second kappa shape index (κ2) is 7.03. The van der Waals surface area contributed by atoms with Gasteiger partial charge in [-0.2, -0.15) is 0 Å². The van der Waals surface area contributed by atoms with E-state index in [1.54, 1.807) is 6.92 Å². The number of anilines is 2. The Labute approximate surface area is 127 Å². The summed E-state index contributed by atoms with van der Waals surface area (Å²) in [6.07, 6.45) is 0. The van der Waals surface area contributed by atoms with Crippen LogP contribution < -0.4 is 15.4 Å². The molecule has 0 unspecified atom stereocenters. The Morgan fingerprint density at radius 3 is 2.62 bits per heavy atom. The molecule has 0 bridgehead atoms. The van der Waals surface area contributed by atoms with E-state index in [9.17, 15) is 4.79 Å². The summed E-state index contributed by atoms with van der Waals surface area (Å²) >= 11 is 1.35. The van der Waals surface area contributed by atoms with E-state index >= 15 is 0 Å². The molecule has 7 heteroatoms. The van der Waals surface area contributed by atoms with Crippen molar-refractivity contribution in [2.45, 2.75) is 26.8 Å². The molecular weight excluding hydrogens is 288 g/mol. The minimum Gasteiger partial charge on any atom is -0.494 e. The fourth-order valence-corrected chi connectivity index (χ4v) is 2.29. The second-order valence-corrected chi connectivity index (χ2v) is 5.62. The van der Waals surface area contributed by atoms with Gasteiger partial charge < -0.3 is 10.1 Å². The zero-order chi connectivity index (χ0) is 15.2. The molecule has 0 saturated heterocycles. The maximum atomic E-state index is 12.0. The van der Waals surface area contributed by atoms with Gasteiger partial charge in [0.25, 0.3) is 0 Å². The molecule has 112 valence electrons. The molecule has 1 atom stereocenters. The lowest BCUT2D eigenvalue weighted by Crippen LogP contribution is -2.31. The number of ether oxygens (including phenoxy) is 1. The molecule has 21 heavy (non-hydrogen) atoms. The lowest BCUT2D eigenvalue weighted by atomic mass is 10.2. The minimum absolute atomic E-state index is 0.153. The number of hydrogen-bond donors (Lipinski definition) is 2. The Balaban J connectivity index is 1.90. The third-order valence-corrected chi connectivity index (χ3v) is 3.45. The number of aryl methyl sites for hydroxylation is 1. The number of nitrogens with zero attached hydrogens (tertiary/aromatic N) is 2. The standard InChI is InChI=1S/C14H18N4O2S/c1-4-20-12-7-5-11(6-8-12)15-9(2)13(19)16-14-18-17-10(3)21-14/h5-9,15H,4H2,1-3H3,(H,16,18,19)/t9-/m1/s1. The number of benzene rings is 1. The van der Waals surface area contributed by atoms with Crippen LogP contribution in [0, 0.1) is 6.92 Å². The number of rotatable bonds is 6. The lowest BCUT2D eigenvalue weighted by molar-refractivity contribution is -0.116. The van der Waals surface area contributed by atoms with Gasteiger partial charge in [-0.3, -0.25) is 10.1 Å². The van der Waals surface area contributed by atoms with Gasteiger partial charge in [-0.05, 0) is 45.0 Å². The Bertz CT molecular complexity index is 597. The summed E-state index contributed by atoms with van der Waals surface area (Å²) in [6, 6.07) is 7.11. The van der Waals surface area contributed by atoms with E-state index in [4.69, 9.17) is 4.74 Å². The van der Waals surface area contributed by atoms with Crippen molar-refractivity contribution < 1.29 is 9.53 Å². The summed E-state index contributed by atoms with van der Waals surface area (Å²) < 4.78 is 5.37. The lowest BCUT2D eigenvalue weighted by Gasteiger charge is -2.14. The van der Waals surface area contributed by atoms with Gasteiger partial charge in [0, 0.05) is 5.69 Å². The first kappa shape index (κ1) is 15.2. The molecule has 0 spiro atoms. The number of amides is 1. The molecule has 2 N–H and O–H groups in total. The van der Waals surface area contributed by atoms with Crippen molar-refractivity contribution in [1.29, 1.82) is 0 Å². The SMILES string of the molecule is CCOc1ccc(N[C@H](C)C(=O)Nc2nnc(C)s2)cc1. The first-order valence-electron chi connectivity index (χ1n) is 6.69. The molecule has 0 aliphatic carbocycles. The fourth-order valence-electron chi connectivity index (χ4n) is 1.69. The van der Waals surface area contributed by atoms with E-state index in [1.807, 2.05) is 38.1 Å². The predicted octanol–water partition coefficient (Wildman–Crippen LogP) is 2.68. The van der Waals surface area contributed by atoms with Gasteiger partial charge in [-0.15, -0.1) is 10.2 Å². The van der Waals surface area contributed by atoms with Gasteiger partial charge in [0.15, 0.2) is 0 Å². The van der Waals surface area contributed by atoms with Crippen LogP contribution in [0.2, 0.25) is 0 Å². The van der Waals surface area contributed by atoms with Crippen LogP contribution in [0.3, 0.4) is 0 Å². The molecule has 2 aromatic rings. The summed E-state index contributed by atoms with van der Waals surface area (Å²) in [7, 11) is 0. The monoisotopic (exact) mass is 306 g/mol. The average molecular weight is 306 g/mol. The third-order valence-electron chi connectivity index (χ3n) is 2.70. The molecule has 6 nitrogen and oxygen atoms in total. The normalized spacial score (nSPS) is 11.8. The summed E-state index contributed by atoms with van der Waals surface area (Å²) in [4.78, 5) is 12.0. The molecule has 0 fully saturated rings.